The first-order chi connectivity index (χ1) is 12.3. The predicted octanol–water partition coefficient (Wildman–Crippen LogP) is 4.32. The zero-order valence-electron chi connectivity index (χ0n) is 12.6. The first kappa shape index (κ1) is 19.3. The van der Waals surface area contributed by atoms with Crippen LogP contribution in [0.3, 0.4) is 0 Å². The lowest BCUT2D eigenvalue weighted by molar-refractivity contribution is -0.151. The van der Waals surface area contributed by atoms with Gasteiger partial charge in [-0.3, -0.25) is 0 Å². The number of hydrogen-bond acceptors (Lipinski definition) is 5. The average Bonchev–Trinajstić information content (AvgIpc) is 2.80. The minimum Gasteiger partial charge on any atom is -0.399 e. The van der Waals surface area contributed by atoms with Crippen LogP contribution in [-0.4, -0.2) is 19.7 Å². The van der Waals surface area contributed by atoms with Crippen molar-refractivity contribution in [2.45, 2.75) is 12.4 Å². The molecule has 0 fully saturated rings. The quantitative estimate of drug-likeness (QED) is 0.442. The SMILES string of the molecule is Nc1cc(Cl)c(-n2nc3nc(C(F)(F)F)nc(C(F)(F)F)c3c2N)c(Cl)c1. The maximum absolute atomic E-state index is 13.3. The summed E-state index contributed by atoms with van der Waals surface area (Å²) in [5.41, 5.74) is 8.39. The predicted molar refractivity (Wildman–Crippen MR) is 85.5 cm³/mol. The van der Waals surface area contributed by atoms with E-state index in [2.05, 4.69) is 15.1 Å². The molecular weight excluding hydrogens is 425 g/mol. The van der Waals surface area contributed by atoms with Gasteiger partial charge in [0.25, 0.3) is 0 Å². The molecule has 4 N–H and O–H groups in total. The van der Waals surface area contributed by atoms with Crippen LogP contribution in [0.15, 0.2) is 12.1 Å². The van der Waals surface area contributed by atoms with Gasteiger partial charge in [0, 0.05) is 5.69 Å². The maximum atomic E-state index is 13.3. The van der Waals surface area contributed by atoms with Crippen molar-refractivity contribution in [2.75, 3.05) is 11.5 Å². The maximum Gasteiger partial charge on any atom is 0.451 e. The lowest BCUT2D eigenvalue weighted by atomic mass is 10.2. The molecule has 0 unspecified atom stereocenters. The standard InChI is InChI=1S/C13H6Cl2F6N6/c14-4-1-3(22)2-5(15)7(4)27-9(23)6-8(12(16,17)18)24-11(13(19,20)21)25-10(6)26-27/h1-2H,22-23H2. The fourth-order valence-electron chi connectivity index (χ4n) is 2.30. The molecule has 0 aliphatic rings. The first-order valence-electron chi connectivity index (χ1n) is 6.76. The number of halogens is 8. The Balaban J connectivity index is 2.42. The molecule has 2 heterocycles. The fourth-order valence-corrected chi connectivity index (χ4v) is 2.97. The zero-order valence-corrected chi connectivity index (χ0v) is 14.1. The van der Waals surface area contributed by atoms with Gasteiger partial charge in [-0.15, -0.1) is 5.10 Å². The third-order valence-corrected chi connectivity index (χ3v) is 3.92. The van der Waals surface area contributed by atoms with E-state index >= 15 is 0 Å². The molecule has 0 spiro atoms. The van der Waals surface area contributed by atoms with Crippen molar-refractivity contribution >= 4 is 45.7 Å². The van der Waals surface area contributed by atoms with Crippen LogP contribution >= 0.6 is 23.2 Å². The molecule has 0 saturated carbocycles. The number of nitrogens with two attached hydrogens (primary N) is 2. The van der Waals surface area contributed by atoms with E-state index in [1.165, 1.54) is 12.1 Å². The monoisotopic (exact) mass is 430 g/mol. The zero-order chi connectivity index (χ0) is 20.3. The van der Waals surface area contributed by atoms with Gasteiger partial charge in [-0.1, -0.05) is 23.2 Å². The molecule has 27 heavy (non-hydrogen) atoms. The van der Waals surface area contributed by atoms with E-state index in [1.54, 1.807) is 0 Å². The van der Waals surface area contributed by atoms with E-state index in [-0.39, 0.29) is 21.4 Å². The van der Waals surface area contributed by atoms with Crippen LogP contribution in [0.4, 0.5) is 37.8 Å². The summed E-state index contributed by atoms with van der Waals surface area (Å²) < 4.78 is 79.1. The van der Waals surface area contributed by atoms with Crippen LogP contribution in [-0.2, 0) is 12.4 Å². The molecule has 0 amide bonds. The number of fused-ring (bicyclic) bond motifs is 1. The number of nitrogens with zero attached hydrogens (tertiary/aromatic N) is 4. The number of rotatable bonds is 1. The molecule has 0 aliphatic carbocycles. The second-order valence-corrected chi connectivity index (χ2v) is 6.03. The van der Waals surface area contributed by atoms with Crippen LogP contribution in [0.2, 0.25) is 10.0 Å². The Bertz CT molecular complexity index is 1040. The van der Waals surface area contributed by atoms with E-state index in [9.17, 15) is 26.3 Å². The Morgan fingerprint density at radius 1 is 0.889 bits per heavy atom. The van der Waals surface area contributed by atoms with E-state index in [0.717, 1.165) is 0 Å². The van der Waals surface area contributed by atoms with Gasteiger partial charge in [-0.2, -0.15) is 26.3 Å². The van der Waals surface area contributed by atoms with Gasteiger partial charge in [-0.25, -0.2) is 14.6 Å². The lowest BCUT2D eigenvalue weighted by Gasteiger charge is -2.11. The van der Waals surface area contributed by atoms with E-state index in [1.807, 2.05) is 0 Å². The summed E-state index contributed by atoms with van der Waals surface area (Å²) in [5.74, 6) is -2.71. The molecule has 3 rings (SSSR count). The fraction of sp³-hybridized carbons (Fsp3) is 0.154. The van der Waals surface area contributed by atoms with Gasteiger partial charge in [-0.05, 0) is 12.1 Å². The molecule has 2 aromatic heterocycles. The highest BCUT2D eigenvalue weighted by Crippen LogP contribution is 2.40. The van der Waals surface area contributed by atoms with Crippen molar-refractivity contribution in [1.82, 2.24) is 19.7 Å². The molecule has 144 valence electrons. The molecule has 6 nitrogen and oxygen atoms in total. The normalized spacial score (nSPS) is 12.7. The summed E-state index contributed by atoms with van der Waals surface area (Å²) >= 11 is 12.0. The van der Waals surface area contributed by atoms with Crippen molar-refractivity contribution in [1.29, 1.82) is 0 Å². The summed E-state index contributed by atoms with van der Waals surface area (Å²) in [6, 6.07) is 2.43. The Morgan fingerprint density at radius 2 is 1.44 bits per heavy atom. The third kappa shape index (κ3) is 3.30. The van der Waals surface area contributed by atoms with Gasteiger partial charge in [0.2, 0.25) is 5.82 Å². The molecule has 3 aromatic rings. The van der Waals surface area contributed by atoms with Crippen LogP contribution in [0.1, 0.15) is 11.5 Å². The Hall–Kier alpha value is -2.47. The number of nitrogen functional groups attached to an aromatic ring is 2. The van der Waals surface area contributed by atoms with Crippen molar-refractivity contribution in [3.8, 4) is 5.69 Å². The number of benzene rings is 1. The molecule has 0 saturated heterocycles. The van der Waals surface area contributed by atoms with Crippen LogP contribution in [0.25, 0.3) is 16.7 Å². The largest absolute Gasteiger partial charge is 0.451 e. The van der Waals surface area contributed by atoms with E-state index in [0.29, 0.717) is 4.68 Å². The Labute approximate surface area is 155 Å². The number of alkyl halides is 6. The summed E-state index contributed by atoms with van der Waals surface area (Å²) in [6.45, 7) is 0. The van der Waals surface area contributed by atoms with Gasteiger partial charge < -0.3 is 11.5 Å². The molecule has 0 atom stereocenters. The smallest absolute Gasteiger partial charge is 0.399 e. The average molecular weight is 431 g/mol. The minimum absolute atomic E-state index is 0.138. The summed E-state index contributed by atoms with van der Waals surface area (Å²) in [6.07, 6.45) is -10.5. The minimum atomic E-state index is -5.25. The first-order valence-corrected chi connectivity index (χ1v) is 7.52. The molecular formula is C13H6Cl2F6N6. The van der Waals surface area contributed by atoms with Gasteiger partial charge >= 0.3 is 12.4 Å². The Morgan fingerprint density at radius 3 is 1.93 bits per heavy atom. The van der Waals surface area contributed by atoms with Gasteiger partial charge in [0.15, 0.2) is 11.3 Å². The molecule has 1 aromatic carbocycles. The van der Waals surface area contributed by atoms with Crippen molar-refractivity contribution < 1.29 is 26.3 Å². The number of hydrogen-bond donors (Lipinski definition) is 2. The number of anilines is 2. The second-order valence-electron chi connectivity index (χ2n) is 5.22. The lowest BCUT2D eigenvalue weighted by Crippen LogP contribution is -2.17. The van der Waals surface area contributed by atoms with Crippen LogP contribution in [0, 0.1) is 0 Å². The Kier molecular flexibility index (Phi) is 4.30. The summed E-state index contributed by atoms with van der Waals surface area (Å²) in [5, 5.41) is 2.41. The van der Waals surface area contributed by atoms with Crippen LogP contribution in [0.5, 0.6) is 0 Å². The summed E-state index contributed by atoms with van der Waals surface area (Å²) in [4.78, 5) is 5.64. The highest BCUT2D eigenvalue weighted by Gasteiger charge is 2.43. The second kappa shape index (κ2) is 6.02. The molecule has 14 heteroatoms. The topological polar surface area (TPSA) is 95.6 Å². The number of aromatic nitrogens is 4. The highest BCUT2D eigenvalue weighted by molar-refractivity contribution is 6.38. The van der Waals surface area contributed by atoms with Gasteiger partial charge in [0.1, 0.15) is 11.5 Å². The third-order valence-electron chi connectivity index (χ3n) is 3.34. The van der Waals surface area contributed by atoms with E-state index in [4.69, 9.17) is 34.7 Å². The molecule has 0 bridgehead atoms. The van der Waals surface area contributed by atoms with Crippen molar-refractivity contribution in [3.05, 3.63) is 33.7 Å². The highest BCUT2D eigenvalue weighted by atomic mass is 35.5. The van der Waals surface area contributed by atoms with Crippen molar-refractivity contribution in [2.24, 2.45) is 0 Å². The van der Waals surface area contributed by atoms with Crippen LogP contribution < -0.4 is 11.5 Å². The van der Waals surface area contributed by atoms with Crippen molar-refractivity contribution in [3.63, 3.8) is 0 Å². The molecule has 0 radical (unpaired) electrons. The van der Waals surface area contributed by atoms with E-state index < -0.39 is 40.7 Å². The molecule has 0 aliphatic heterocycles. The van der Waals surface area contributed by atoms with Gasteiger partial charge in [0.05, 0.1) is 15.4 Å². The summed E-state index contributed by atoms with van der Waals surface area (Å²) in [7, 11) is 0.